The summed E-state index contributed by atoms with van der Waals surface area (Å²) >= 11 is 0. The standard InChI is InChI=1S/C12H21N3O/c1-4-15-9-11(8-13-15)14-10-5-6-16-12(2,3)7-10/h8-10,14H,4-7H2,1-3H3. The Hall–Kier alpha value is -1.03. The van der Waals surface area contributed by atoms with Crippen LogP contribution >= 0.6 is 0 Å². The van der Waals surface area contributed by atoms with E-state index in [1.165, 1.54) is 0 Å². The van der Waals surface area contributed by atoms with Crippen molar-refractivity contribution in [2.75, 3.05) is 11.9 Å². The third-order valence-electron chi connectivity index (χ3n) is 3.03. The third-order valence-corrected chi connectivity index (χ3v) is 3.03. The first-order valence-electron chi connectivity index (χ1n) is 6.02. The van der Waals surface area contributed by atoms with E-state index in [0.717, 1.165) is 31.7 Å². The molecule has 0 radical (unpaired) electrons. The molecule has 0 amide bonds. The molecular weight excluding hydrogens is 202 g/mol. The molecule has 1 unspecified atom stereocenters. The minimum atomic E-state index is -0.00331. The number of aryl methyl sites for hydroxylation is 1. The Kier molecular flexibility index (Phi) is 3.19. The highest BCUT2D eigenvalue weighted by atomic mass is 16.5. The Bertz CT molecular complexity index is 346. The average Bonchev–Trinajstić information content (AvgIpc) is 2.64. The van der Waals surface area contributed by atoms with E-state index in [-0.39, 0.29) is 5.60 Å². The summed E-state index contributed by atoms with van der Waals surface area (Å²) in [6.45, 7) is 8.15. The lowest BCUT2D eigenvalue weighted by molar-refractivity contribution is -0.0553. The van der Waals surface area contributed by atoms with Gasteiger partial charge in [-0.2, -0.15) is 5.10 Å². The summed E-state index contributed by atoms with van der Waals surface area (Å²) in [5.41, 5.74) is 1.11. The van der Waals surface area contributed by atoms with E-state index in [1.807, 2.05) is 10.9 Å². The number of ether oxygens (including phenoxy) is 1. The van der Waals surface area contributed by atoms with Crippen LogP contribution in [-0.4, -0.2) is 28.0 Å². The maximum atomic E-state index is 5.70. The van der Waals surface area contributed by atoms with Gasteiger partial charge in [-0.15, -0.1) is 0 Å². The van der Waals surface area contributed by atoms with Crippen LogP contribution in [0, 0.1) is 0 Å². The van der Waals surface area contributed by atoms with Gasteiger partial charge < -0.3 is 10.1 Å². The zero-order chi connectivity index (χ0) is 11.6. The van der Waals surface area contributed by atoms with Crippen molar-refractivity contribution in [3.8, 4) is 0 Å². The summed E-state index contributed by atoms with van der Waals surface area (Å²) < 4.78 is 7.64. The lowest BCUT2D eigenvalue weighted by Gasteiger charge is -2.36. The molecule has 1 aliphatic heterocycles. The summed E-state index contributed by atoms with van der Waals surface area (Å²) in [7, 11) is 0. The number of anilines is 1. The Morgan fingerprint density at radius 1 is 1.62 bits per heavy atom. The van der Waals surface area contributed by atoms with Gasteiger partial charge in [0, 0.05) is 25.4 Å². The molecule has 90 valence electrons. The smallest absolute Gasteiger partial charge is 0.0728 e. The number of aromatic nitrogens is 2. The van der Waals surface area contributed by atoms with Gasteiger partial charge in [0.25, 0.3) is 0 Å². The molecular formula is C12H21N3O. The fourth-order valence-electron chi connectivity index (χ4n) is 2.20. The van der Waals surface area contributed by atoms with Gasteiger partial charge in [0.15, 0.2) is 0 Å². The lowest BCUT2D eigenvalue weighted by Crippen LogP contribution is -2.40. The van der Waals surface area contributed by atoms with Crippen LogP contribution in [0.4, 0.5) is 5.69 Å². The number of hydrogen-bond acceptors (Lipinski definition) is 3. The van der Waals surface area contributed by atoms with Crippen LogP contribution in [0.1, 0.15) is 33.6 Å². The van der Waals surface area contributed by atoms with Crippen molar-refractivity contribution in [3.05, 3.63) is 12.4 Å². The summed E-state index contributed by atoms with van der Waals surface area (Å²) in [6, 6.07) is 0.498. The second-order valence-electron chi connectivity index (χ2n) is 5.03. The van der Waals surface area contributed by atoms with Crippen molar-refractivity contribution in [2.24, 2.45) is 0 Å². The first kappa shape index (κ1) is 11.5. The maximum Gasteiger partial charge on any atom is 0.0728 e. The number of rotatable bonds is 3. The highest BCUT2D eigenvalue weighted by Crippen LogP contribution is 2.26. The Labute approximate surface area is 97.0 Å². The molecule has 1 fully saturated rings. The number of hydrogen-bond donors (Lipinski definition) is 1. The molecule has 0 spiro atoms. The van der Waals surface area contributed by atoms with Gasteiger partial charge in [0.2, 0.25) is 0 Å². The average molecular weight is 223 g/mol. The minimum absolute atomic E-state index is 0.00331. The van der Waals surface area contributed by atoms with Crippen molar-refractivity contribution >= 4 is 5.69 Å². The zero-order valence-electron chi connectivity index (χ0n) is 10.4. The van der Waals surface area contributed by atoms with Crippen molar-refractivity contribution in [1.29, 1.82) is 0 Å². The Morgan fingerprint density at radius 2 is 2.44 bits per heavy atom. The molecule has 16 heavy (non-hydrogen) atoms. The van der Waals surface area contributed by atoms with Crippen molar-refractivity contribution in [1.82, 2.24) is 9.78 Å². The molecule has 0 aromatic carbocycles. The highest BCUT2D eigenvalue weighted by Gasteiger charge is 2.28. The topological polar surface area (TPSA) is 39.1 Å². The van der Waals surface area contributed by atoms with Gasteiger partial charge in [-0.05, 0) is 33.6 Å². The molecule has 1 atom stereocenters. The Morgan fingerprint density at radius 3 is 3.06 bits per heavy atom. The van der Waals surface area contributed by atoms with Crippen LogP contribution in [-0.2, 0) is 11.3 Å². The predicted molar refractivity (Wildman–Crippen MR) is 64.6 cm³/mol. The molecule has 1 N–H and O–H groups in total. The van der Waals surface area contributed by atoms with Crippen LogP contribution in [0.3, 0.4) is 0 Å². The summed E-state index contributed by atoms with van der Waals surface area (Å²) in [5, 5.41) is 7.79. The van der Waals surface area contributed by atoms with Crippen molar-refractivity contribution in [3.63, 3.8) is 0 Å². The second kappa shape index (κ2) is 4.45. The molecule has 1 aliphatic rings. The van der Waals surface area contributed by atoms with E-state index < -0.39 is 0 Å². The van der Waals surface area contributed by atoms with E-state index in [0.29, 0.717) is 6.04 Å². The second-order valence-corrected chi connectivity index (χ2v) is 5.03. The highest BCUT2D eigenvalue weighted by molar-refractivity contribution is 5.39. The van der Waals surface area contributed by atoms with Crippen LogP contribution in [0.2, 0.25) is 0 Å². The number of nitrogens with zero attached hydrogens (tertiary/aromatic N) is 2. The van der Waals surface area contributed by atoms with Gasteiger partial charge in [0.05, 0.1) is 17.5 Å². The predicted octanol–water partition coefficient (Wildman–Crippen LogP) is 2.27. The van der Waals surface area contributed by atoms with E-state index in [9.17, 15) is 0 Å². The minimum Gasteiger partial charge on any atom is -0.380 e. The molecule has 1 aromatic rings. The largest absolute Gasteiger partial charge is 0.380 e. The quantitative estimate of drug-likeness (QED) is 0.854. The van der Waals surface area contributed by atoms with E-state index in [4.69, 9.17) is 4.74 Å². The Balaban J connectivity index is 1.94. The third kappa shape index (κ3) is 2.76. The first-order chi connectivity index (χ1) is 7.59. The van der Waals surface area contributed by atoms with E-state index >= 15 is 0 Å². The number of nitrogens with one attached hydrogen (secondary N) is 1. The van der Waals surface area contributed by atoms with E-state index in [2.05, 4.69) is 37.4 Å². The van der Waals surface area contributed by atoms with Crippen LogP contribution in [0.15, 0.2) is 12.4 Å². The maximum absolute atomic E-state index is 5.70. The summed E-state index contributed by atoms with van der Waals surface area (Å²) in [5.74, 6) is 0. The van der Waals surface area contributed by atoms with Gasteiger partial charge >= 0.3 is 0 Å². The van der Waals surface area contributed by atoms with Crippen LogP contribution < -0.4 is 5.32 Å². The molecule has 4 nitrogen and oxygen atoms in total. The van der Waals surface area contributed by atoms with Crippen LogP contribution in [0.25, 0.3) is 0 Å². The van der Waals surface area contributed by atoms with Crippen LogP contribution in [0.5, 0.6) is 0 Å². The zero-order valence-corrected chi connectivity index (χ0v) is 10.4. The fourth-order valence-corrected chi connectivity index (χ4v) is 2.20. The normalized spacial score (nSPS) is 24.3. The van der Waals surface area contributed by atoms with Gasteiger partial charge in [-0.1, -0.05) is 0 Å². The van der Waals surface area contributed by atoms with Gasteiger partial charge in [-0.25, -0.2) is 0 Å². The van der Waals surface area contributed by atoms with Crippen molar-refractivity contribution in [2.45, 2.75) is 51.8 Å². The first-order valence-corrected chi connectivity index (χ1v) is 6.02. The molecule has 0 saturated carbocycles. The molecule has 4 heteroatoms. The molecule has 1 aromatic heterocycles. The fraction of sp³-hybridized carbons (Fsp3) is 0.750. The molecule has 0 aliphatic carbocycles. The molecule has 1 saturated heterocycles. The van der Waals surface area contributed by atoms with Crippen molar-refractivity contribution < 1.29 is 4.74 Å². The lowest BCUT2D eigenvalue weighted by atomic mass is 9.94. The molecule has 2 rings (SSSR count). The van der Waals surface area contributed by atoms with Gasteiger partial charge in [0.1, 0.15) is 0 Å². The monoisotopic (exact) mass is 223 g/mol. The molecule has 2 heterocycles. The SMILES string of the molecule is CCn1cc(NC2CCOC(C)(C)C2)cn1. The van der Waals surface area contributed by atoms with E-state index in [1.54, 1.807) is 0 Å². The summed E-state index contributed by atoms with van der Waals surface area (Å²) in [4.78, 5) is 0. The van der Waals surface area contributed by atoms with Gasteiger partial charge in [-0.3, -0.25) is 4.68 Å². The molecule has 0 bridgehead atoms. The summed E-state index contributed by atoms with van der Waals surface area (Å²) in [6.07, 6.45) is 6.07.